The highest BCUT2D eigenvalue weighted by Crippen LogP contribution is 2.39. The number of nitro benzene ring substituents is 1. The van der Waals surface area contributed by atoms with Gasteiger partial charge in [0.05, 0.1) is 22.8 Å². The number of aryl methyl sites for hydroxylation is 2. The van der Waals surface area contributed by atoms with E-state index >= 15 is 0 Å². The van der Waals surface area contributed by atoms with Gasteiger partial charge in [0.15, 0.2) is 11.6 Å². The molecule has 3 rings (SSSR count). The van der Waals surface area contributed by atoms with Crippen molar-refractivity contribution in [3.63, 3.8) is 0 Å². The fourth-order valence-corrected chi connectivity index (χ4v) is 3.75. The number of primary amides is 1. The second-order valence-corrected chi connectivity index (χ2v) is 9.88. The van der Waals surface area contributed by atoms with Crippen LogP contribution < -0.4 is 10.5 Å². The molecule has 0 bridgehead atoms. The minimum absolute atomic E-state index is 0.0280. The Hall–Kier alpha value is -4.55. The summed E-state index contributed by atoms with van der Waals surface area (Å²) in [5.74, 6) is -0.504. The van der Waals surface area contributed by atoms with Crippen LogP contribution >= 0.6 is 0 Å². The Balaban J connectivity index is 1.87. The molecule has 0 atom stereocenters. The lowest BCUT2D eigenvalue weighted by molar-refractivity contribution is -0.385. The van der Waals surface area contributed by atoms with E-state index in [4.69, 9.17) is 15.2 Å². The number of aromatic nitrogens is 4. The van der Waals surface area contributed by atoms with Crippen molar-refractivity contribution in [2.24, 2.45) is 5.73 Å². The molecule has 13 heteroatoms. The zero-order valence-electron chi connectivity index (χ0n) is 22.9. The summed E-state index contributed by atoms with van der Waals surface area (Å²) in [4.78, 5) is 45.9. The van der Waals surface area contributed by atoms with Crippen molar-refractivity contribution in [3.8, 4) is 28.4 Å². The van der Waals surface area contributed by atoms with Crippen LogP contribution in [0, 0.1) is 17.0 Å². The van der Waals surface area contributed by atoms with Crippen molar-refractivity contribution < 1.29 is 24.0 Å². The zero-order valence-corrected chi connectivity index (χ0v) is 22.9. The SMILES string of the molecule is CCn1nc(C)cc1-c1ncc(-c2cc(C(N)=O)cc(OCCCN(C)C(=O)OC(C)(C)C)c2[N+](=O)[O-])cn1. The standard InChI is InChI=1S/C26H33N7O6/c1-7-32-20(11-16(2)30-32)24-28-14-18(15-29-24)19-12-17(23(27)34)13-21(22(19)33(36)37)38-10-8-9-31(6)25(35)39-26(3,4)5/h11-15H,7-10H2,1-6H3,(H2,27,34). The Morgan fingerprint density at radius 2 is 1.85 bits per heavy atom. The monoisotopic (exact) mass is 539 g/mol. The van der Waals surface area contributed by atoms with Gasteiger partial charge < -0.3 is 20.1 Å². The molecular formula is C26H33N7O6. The third-order valence-corrected chi connectivity index (χ3v) is 5.54. The van der Waals surface area contributed by atoms with Crippen molar-refractivity contribution in [1.82, 2.24) is 24.6 Å². The molecule has 0 saturated carbocycles. The largest absolute Gasteiger partial charge is 0.487 e. The maximum Gasteiger partial charge on any atom is 0.410 e. The van der Waals surface area contributed by atoms with Crippen LogP contribution in [0.3, 0.4) is 0 Å². The van der Waals surface area contributed by atoms with Gasteiger partial charge in [0.2, 0.25) is 5.91 Å². The molecular weight excluding hydrogens is 506 g/mol. The van der Waals surface area contributed by atoms with Gasteiger partial charge in [0.25, 0.3) is 0 Å². The fraction of sp³-hybridized carbons (Fsp3) is 0.423. The third-order valence-electron chi connectivity index (χ3n) is 5.54. The summed E-state index contributed by atoms with van der Waals surface area (Å²) in [6.45, 7) is 10.0. The highest BCUT2D eigenvalue weighted by Gasteiger charge is 2.26. The number of nitro groups is 1. The molecule has 2 amide bonds. The lowest BCUT2D eigenvalue weighted by Crippen LogP contribution is -2.35. The number of hydrogen-bond donors (Lipinski definition) is 1. The van der Waals surface area contributed by atoms with Crippen molar-refractivity contribution in [3.05, 3.63) is 52.0 Å². The normalized spacial score (nSPS) is 11.2. The van der Waals surface area contributed by atoms with Crippen molar-refractivity contribution in [2.75, 3.05) is 20.2 Å². The van der Waals surface area contributed by atoms with Crippen LogP contribution in [0.2, 0.25) is 0 Å². The van der Waals surface area contributed by atoms with Gasteiger partial charge in [0.1, 0.15) is 11.3 Å². The summed E-state index contributed by atoms with van der Waals surface area (Å²) < 4.78 is 12.8. The van der Waals surface area contributed by atoms with Gasteiger partial charge in [-0.2, -0.15) is 5.10 Å². The summed E-state index contributed by atoms with van der Waals surface area (Å²) >= 11 is 0. The van der Waals surface area contributed by atoms with Crippen molar-refractivity contribution in [1.29, 1.82) is 0 Å². The predicted octanol–water partition coefficient (Wildman–Crippen LogP) is 3.98. The maximum atomic E-state index is 12.1. The van der Waals surface area contributed by atoms with E-state index < -0.39 is 22.5 Å². The Labute approximate surface area is 226 Å². The Bertz CT molecular complexity index is 1360. The van der Waals surface area contributed by atoms with Crippen LogP contribution in [-0.4, -0.2) is 67.4 Å². The highest BCUT2D eigenvalue weighted by molar-refractivity contribution is 5.96. The van der Waals surface area contributed by atoms with Crippen LogP contribution in [0.4, 0.5) is 10.5 Å². The Kier molecular flexibility index (Phi) is 8.84. The summed E-state index contributed by atoms with van der Waals surface area (Å²) in [5, 5.41) is 16.5. The van der Waals surface area contributed by atoms with E-state index in [1.807, 2.05) is 19.9 Å². The highest BCUT2D eigenvalue weighted by atomic mass is 16.6. The lowest BCUT2D eigenvalue weighted by Gasteiger charge is -2.24. The molecule has 2 aromatic heterocycles. The third kappa shape index (κ3) is 7.27. The number of benzene rings is 1. The number of nitrogens with zero attached hydrogens (tertiary/aromatic N) is 6. The van der Waals surface area contributed by atoms with Crippen molar-refractivity contribution in [2.45, 2.75) is 53.2 Å². The first-order valence-corrected chi connectivity index (χ1v) is 12.4. The van der Waals surface area contributed by atoms with E-state index in [1.165, 1.54) is 29.4 Å². The smallest absolute Gasteiger partial charge is 0.410 e. The number of nitrogens with two attached hydrogens (primary N) is 1. The van der Waals surface area contributed by atoms with Crippen LogP contribution in [0.1, 0.15) is 50.2 Å². The van der Waals surface area contributed by atoms with E-state index in [0.29, 0.717) is 30.0 Å². The van der Waals surface area contributed by atoms with Gasteiger partial charge in [-0.15, -0.1) is 0 Å². The number of rotatable bonds is 10. The summed E-state index contributed by atoms with van der Waals surface area (Å²) in [6.07, 6.45) is 2.74. The lowest BCUT2D eigenvalue weighted by atomic mass is 10.0. The molecule has 0 aliphatic heterocycles. The molecule has 0 spiro atoms. The number of carbonyl (C=O) groups excluding carboxylic acids is 2. The second kappa shape index (κ2) is 11.9. The first-order chi connectivity index (χ1) is 18.3. The van der Waals surface area contributed by atoms with Crippen LogP contribution in [0.25, 0.3) is 22.6 Å². The molecule has 0 aliphatic carbocycles. The fourth-order valence-electron chi connectivity index (χ4n) is 3.75. The van der Waals surface area contributed by atoms with E-state index in [2.05, 4.69) is 15.1 Å². The number of carbonyl (C=O) groups is 2. The van der Waals surface area contributed by atoms with Gasteiger partial charge in [-0.05, 0) is 53.2 Å². The first-order valence-electron chi connectivity index (χ1n) is 12.4. The molecule has 2 heterocycles. The molecule has 3 aromatic rings. The van der Waals surface area contributed by atoms with Gasteiger partial charge in [-0.25, -0.2) is 14.8 Å². The maximum absolute atomic E-state index is 12.1. The summed E-state index contributed by atoms with van der Waals surface area (Å²) in [7, 11) is 1.58. The van der Waals surface area contributed by atoms with Crippen molar-refractivity contribution >= 4 is 17.7 Å². The zero-order chi connectivity index (χ0) is 28.9. The minimum Gasteiger partial charge on any atom is -0.487 e. The predicted molar refractivity (Wildman–Crippen MR) is 143 cm³/mol. The molecule has 2 N–H and O–H groups in total. The molecule has 0 radical (unpaired) electrons. The van der Waals surface area contributed by atoms with Crippen LogP contribution in [-0.2, 0) is 11.3 Å². The molecule has 1 aromatic carbocycles. The first kappa shape index (κ1) is 29.0. The molecule has 0 aliphatic rings. The molecule has 39 heavy (non-hydrogen) atoms. The molecule has 208 valence electrons. The molecule has 0 saturated heterocycles. The van der Waals surface area contributed by atoms with Gasteiger partial charge in [0, 0.05) is 49.7 Å². The number of hydrogen-bond acceptors (Lipinski definition) is 9. The van der Waals surface area contributed by atoms with E-state index in [-0.39, 0.29) is 35.7 Å². The van der Waals surface area contributed by atoms with Gasteiger partial charge >= 0.3 is 11.8 Å². The number of ether oxygens (including phenoxy) is 2. The Morgan fingerprint density at radius 3 is 2.41 bits per heavy atom. The molecule has 0 fully saturated rings. The van der Waals surface area contributed by atoms with E-state index in [0.717, 1.165) is 5.69 Å². The topological polar surface area (TPSA) is 169 Å². The second-order valence-electron chi connectivity index (χ2n) is 9.88. The number of amides is 2. The van der Waals surface area contributed by atoms with Crippen LogP contribution in [0.15, 0.2) is 30.6 Å². The molecule has 13 nitrogen and oxygen atoms in total. The van der Waals surface area contributed by atoms with E-state index in [1.54, 1.807) is 32.5 Å². The van der Waals surface area contributed by atoms with Crippen LogP contribution in [0.5, 0.6) is 5.75 Å². The van der Waals surface area contributed by atoms with Gasteiger partial charge in [-0.1, -0.05) is 0 Å². The van der Waals surface area contributed by atoms with Gasteiger partial charge in [-0.3, -0.25) is 19.6 Å². The average Bonchev–Trinajstić information content (AvgIpc) is 3.25. The molecule has 0 unspecified atom stereocenters. The summed E-state index contributed by atoms with van der Waals surface area (Å²) in [6, 6.07) is 4.41. The quantitative estimate of drug-likeness (QED) is 0.227. The minimum atomic E-state index is -0.777. The Morgan fingerprint density at radius 1 is 1.18 bits per heavy atom. The average molecular weight is 540 g/mol. The summed E-state index contributed by atoms with van der Waals surface area (Å²) in [5.41, 5.74) is 6.46. The van der Waals surface area contributed by atoms with E-state index in [9.17, 15) is 19.7 Å².